The SMILES string of the molecule is COc1ccc(CC(=O)O[C@H](C)C(N)=O)cc1F. The second-order valence-electron chi connectivity index (χ2n) is 3.68. The van der Waals surface area contributed by atoms with Crippen LogP contribution < -0.4 is 10.5 Å². The van der Waals surface area contributed by atoms with Crippen molar-refractivity contribution in [2.45, 2.75) is 19.4 Å². The molecular weight excluding hydrogens is 241 g/mol. The standard InChI is InChI=1S/C12H14FNO4/c1-7(12(14)16)18-11(15)6-8-3-4-10(17-2)9(13)5-8/h3-5,7H,6H2,1-2H3,(H2,14,16)/t7-/m1/s1. The summed E-state index contributed by atoms with van der Waals surface area (Å²) in [6.45, 7) is 1.37. The zero-order valence-corrected chi connectivity index (χ0v) is 10.1. The number of esters is 1. The van der Waals surface area contributed by atoms with Crippen molar-refractivity contribution in [2.24, 2.45) is 5.73 Å². The Labute approximate surface area is 104 Å². The summed E-state index contributed by atoms with van der Waals surface area (Å²) >= 11 is 0. The molecule has 0 heterocycles. The number of hydrogen-bond acceptors (Lipinski definition) is 4. The van der Waals surface area contributed by atoms with Crippen molar-refractivity contribution in [1.82, 2.24) is 0 Å². The molecule has 1 aromatic carbocycles. The summed E-state index contributed by atoms with van der Waals surface area (Å²) in [6, 6.07) is 4.13. The van der Waals surface area contributed by atoms with E-state index in [0.29, 0.717) is 5.56 Å². The molecule has 98 valence electrons. The average Bonchev–Trinajstić information content (AvgIpc) is 2.28. The smallest absolute Gasteiger partial charge is 0.311 e. The summed E-state index contributed by atoms with van der Waals surface area (Å²) < 4.78 is 22.8. The van der Waals surface area contributed by atoms with Gasteiger partial charge < -0.3 is 15.2 Å². The predicted molar refractivity (Wildman–Crippen MR) is 61.4 cm³/mol. The number of ether oxygens (including phenoxy) is 2. The quantitative estimate of drug-likeness (QED) is 0.789. The third-order valence-electron chi connectivity index (χ3n) is 2.27. The maximum Gasteiger partial charge on any atom is 0.311 e. The van der Waals surface area contributed by atoms with Crippen LogP contribution in [0.3, 0.4) is 0 Å². The van der Waals surface area contributed by atoms with Crippen molar-refractivity contribution in [3.8, 4) is 5.75 Å². The van der Waals surface area contributed by atoms with Gasteiger partial charge in [-0.05, 0) is 24.6 Å². The molecule has 0 unspecified atom stereocenters. The molecule has 5 nitrogen and oxygen atoms in total. The third kappa shape index (κ3) is 3.73. The number of halogens is 1. The number of carbonyl (C=O) groups is 2. The van der Waals surface area contributed by atoms with E-state index < -0.39 is 23.8 Å². The molecule has 1 aromatic rings. The van der Waals surface area contributed by atoms with E-state index in [1.54, 1.807) is 0 Å². The highest BCUT2D eigenvalue weighted by Crippen LogP contribution is 2.18. The molecule has 0 fully saturated rings. The number of methoxy groups -OCH3 is 1. The van der Waals surface area contributed by atoms with Crippen molar-refractivity contribution in [3.63, 3.8) is 0 Å². The molecule has 1 rings (SSSR count). The molecule has 1 atom stereocenters. The minimum atomic E-state index is -0.999. The van der Waals surface area contributed by atoms with Gasteiger partial charge in [0.25, 0.3) is 5.91 Å². The summed E-state index contributed by atoms with van der Waals surface area (Å²) in [4.78, 5) is 22.1. The summed E-state index contributed by atoms with van der Waals surface area (Å²) in [6.07, 6.45) is -1.14. The van der Waals surface area contributed by atoms with E-state index in [1.165, 1.54) is 32.2 Å². The molecule has 0 spiro atoms. The Bertz CT molecular complexity index is 461. The highest BCUT2D eigenvalue weighted by molar-refractivity contribution is 5.82. The van der Waals surface area contributed by atoms with Crippen LogP contribution in [0.5, 0.6) is 5.75 Å². The van der Waals surface area contributed by atoms with Gasteiger partial charge >= 0.3 is 5.97 Å². The van der Waals surface area contributed by atoms with E-state index >= 15 is 0 Å². The number of primary amides is 1. The van der Waals surface area contributed by atoms with E-state index in [-0.39, 0.29) is 12.2 Å². The van der Waals surface area contributed by atoms with Crippen LogP contribution in [0.15, 0.2) is 18.2 Å². The van der Waals surface area contributed by atoms with Crippen LogP contribution in [0.1, 0.15) is 12.5 Å². The van der Waals surface area contributed by atoms with Crippen LogP contribution in [0.2, 0.25) is 0 Å². The molecule has 6 heteroatoms. The number of rotatable bonds is 5. The number of benzene rings is 1. The van der Waals surface area contributed by atoms with Crippen molar-refractivity contribution in [1.29, 1.82) is 0 Å². The lowest BCUT2D eigenvalue weighted by Gasteiger charge is -2.10. The van der Waals surface area contributed by atoms with E-state index in [2.05, 4.69) is 0 Å². The van der Waals surface area contributed by atoms with E-state index in [0.717, 1.165) is 0 Å². The van der Waals surface area contributed by atoms with Crippen molar-refractivity contribution in [2.75, 3.05) is 7.11 Å². The van der Waals surface area contributed by atoms with Gasteiger partial charge in [0.1, 0.15) is 0 Å². The molecule has 0 aliphatic carbocycles. The van der Waals surface area contributed by atoms with E-state index in [9.17, 15) is 14.0 Å². The Kier molecular flexibility index (Phi) is 4.65. The van der Waals surface area contributed by atoms with Crippen LogP contribution in [0.4, 0.5) is 4.39 Å². The first-order valence-corrected chi connectivity index (χ1v) is 5.25. The highest BCUT2D eigenvalue weighted by Gasteiger charge is 2.15. The first-order valence-electron chi connectivity index (χ1n) is 5.25. The molecule has 2 N–H and O–H groups in total. The lowest BCUT2D eigenvalue weighted by atomic mass is 10.1. The lowest BCUT2D eigenvalue weighted by molar-refractivity contribution is -0.153. The van der Waals surface area contributed by atoms with Crippen molar-refractivity contribution >= 4 is 11.9 Å². The predicted octanol–water partition coefficient (Wildman–Crippen LogP) is 0.794. The molecule has 0 radical (unpaired) electrons. The second-order valence-corrected chi connectivity index (χ2v) is 3.68. The average molecular weight is 255 g/mol. The summed E-state index contributed by atoms with van der Waals surface area (Å²) in [7, 11) is 1.35. The Morgan fingerprint density at radius 1 is 1.44 bits per heavy atom. The van der Waals surface area contributed by atoms with Crippen molar-refractivity contribution < 1.29 is 23.5 Å². The Hall–Kier alpha value is -2.11. The van der Waals surface area contributed by atoms with Gasteiger partial charge in [0.2, 0.25) is 0 Å². The summed E-state index contributed by atoms with van der Waals surface area (Å²) in [5.41, 5.74) is 5.37. The van der Waals surface area contributed by atoms with Crippen LogP contribution in [-0.2, 0) is 20.7 Å². The molecule has 0 aliphatic rings. The minimum absolute atomic E-state index is 0.0950. The monoisotopic (exact) mass is 255 g/mol. The van der Waals surface area contributed by atoms with Gasteiger partial charge in [-0.3, -0.25) is 9.59 Å². The first kappa shape index (κ1) is 14.0. The molecule has 0 saturated carbocycles. The summed E-state index contributed by atoms with van der Waals surface area (Å²) in [5.74, 6) is -1.85. The fourth-order valence-corrected chi connectivity index (χ4v) is 1.28. The Balaban J connectivity index is 2.65. The molecule has 18 heavy (non-hydrogen) atoms. The number of hydrogen-bond donors (Lipinski definition) is 1. The number of nitrogens with two attached hydrogens (primary N) is 1. The third-order valence-corrected chi connectivity index (χ3v) is 2.27. The van der Waals surface area contributed by atoms with Crippen LogP contribution in [-0.4, -0.2) is 25.1 Å². The zero-order chi connectivity index (χ0) is 13.7. The van der Waals surface area contributed by atoms with Crippen LogP contribution in [0, 0.1) is 5.82 Å². The molecule has 0 bridgehead atoms. The normalized spacial score (nSPS) is 11.7. The van der Waals surface area contributed by atoms with Gasteiger partial charge in [0, 0.05) is 0 Å². The molecule has 0 saturated heterocycles. The lowest BCUT2D eigenvalue weighted by Crippen LogP contribution is -2.30. The Morgan fingerprint density at radius 2 is 2.11 bits per heavy atom. The molecular formula is C12H14FNO4. The Morgan fingerprint density at radius 3 is 2.61 bits per heavy atom. The van der Waals surface area contributed by atoms with Crippen LogP contribution >= 0.6 is 0 Å². The molecule has 0 aromatic heterocycles. The van der Waals surface area contributed by atoms with Gasteiger partial charge in [-0.2, -0.15) is 0 Å². The van der Waals surface area contributed by atoms with Crippen LogP contribution in [0.25, 0.3) is 0 Å². The first-order chi connectivity index (χ1) is 8.43. The van der Waals surface area contributed by atoms with E-state index in [4.69, 9.17) is 15.2 Å². The number of amides is 1. The van der Waals surface area contributed by atoms with Crippen molar-refractivity contribution in [3.05, 3.63) is 29.6 Å². The maximum atomic E-state index is 13.3. The summed E-state index contributed by atoms with van der Waals surface area (Å²) in [5, 5.41) is 0. The maximum absolute atomic E-state index is 13.3. The van der Waals surface area contributed by atoms with Gasteiger partial charge in [0.15, 0.2) is 17.7 Å². The van der Waals surface area contributed by atoms with Gasteiger partial charge in [-0.1, -0.05) is 6.07 Å². The topological polar surface area (TPSA) is 78.6 Å². The minimum Gasteiger partial charge on any atom is -0.494 e. The van der Waals surface area contributed by atoms with Gasteiger partial charge in [-0.25, -0.2) is 4.39 Å². The largest absolute Gasteiger partial charge is 0.494 e. The number of carbonyl (C=O) groups excluding carboxylic acids is 2. The molecule has 0 aliphatic heterocycles. The zero-order valence-electron chi connectivity index (χ0n) is 10.1. The fraction of sp³-hybridized carbons (Fsp3) is 0.333. The van der Waals surface area contributed by atoms with Gasteiger partial charge in [0.05, 0.1) is 13.5 Å². The highest BCUT2D eigenvalue weighted by atomic mass is 19.1. The van der Waals surface area contributed by atoms with E-state index in [1.807, 2.05) is 0 Å². The molecule has 1 amide bonds. The second kappa shape index (κ2) is 6.00. The fourth-order valence-electron chi connectivity index (χ4n) is 1.28. The van der Waals surface area contributed by atoms with Gasteiger partial charge in [-0.15, -0.1) is 0 Å².